The van der Waals surface area contributed by atoms with Crippen molar-refractivity contribution >= 4 is 154 Å². The Labute approximate surface area is 566 Å². The van der Waals surface area contributed by atoms with Crippen LogP contribution in [0.4, 0.5) is 62.6 Å². The standard InChI is InChI=1S/C42H29BrN2O.C24H17NO.C18H13Br2N/c43-32-26-37(44(33-15-7-2-8-16-33)34-17-9-3-10-18-34)28-38(27-32)45(35-19-11-4-12-20-35)36-22-24-40-39-23-21-31(30-13-5-1-6-14-30)25-41(39)46-42(40)29-36;1-3-7-17(8-4-1)18-11-13-21-22-14-12-20(16-24(22)26-23(21)15-18)25-19-9-5-2-6-10-19;19-14-11-15(20)13-18(12-14)21(16-7-3-1-4-8-16)17-9-5-2-6-10-17/h1-29H;1-16,25H;1-13H. The first kappa shape index (κ1) is 59.9. The van der Waals surface area contributed by atoms with Gasteiger partial charge >= 0.3 is 0 Å². The zero-order chi connectivity index (χ0) is 62.9. The molecule has 448 valence electrons. The zero-order valence-electron chi connectivity index (χ0n) is 50.3. The van der Waals surface area contributed by atoms with Crippen LogP contribution in [0.2, 0.25) is 0 Å². The predicted molar refractivity (Wildman–Crippen MR) is 402 cm³/mol. The number of rotatable bonds is 13. The number of nitrogens with zero attached hydrogens (tertiary/aromatic N) is 3. The molecule has 0 spiro atoms. The minimum Gasteiger partial charge on any atom is -0.456 e. The lowest BCUT2D eigenvalue weighted by Gasteiger charge is -2.29. The average Bonchev–Trinajstić information content (AvgIpc) is 1.70. The van der Waals surface area contributed by atoms with Crippen molar-refractivity contribution < 1.29 is 8.83 Å². The van der Waals surface area contributed by atoms with Gasteiger partial charge in [0.05, 0.1) is 0 Å². The highest BCUT2D eigenvalue weighted by Crippen LogP contribution is 2.45. The van der Waals surface area contributed by atoms with E-state index in [1.54, 1.807) is 0 Å². The highest BCUT2D eigenvalue weighted by atomic mass is 79.9. The van der Waals surface area contributed by atoms with Gasteiger partial charge in [-0.15, -0.1) is 0 Å². The van der Waals surface area contributed by atoms with Gasteiger partial charge in [0.2, 0.25) is 0 Å². The lowest BCUT2D eigenvalue weighted by atomic mass is 10.0. The molecule has 0 amide bonds. The molecule has 0 atom stereocenters. The van der Waals surface area contributed by atoms with E-state index >= 15 is 0 Å². The van der Waals surface area contributed by atoms with Crippen molar-refractivity contribution in [1.82, 2.24) is 0 Å². The van der Waals surface area contributed by atoms with E-state index in [0.717, 1.165) is 125 Å². The van der Waals surface area contributed by atoms with Crippen molar-refractivity contribution in [3.05, 3.63) is 365 Å². The number of para-hydroxylation sites is 6. The molecule has 0 saturated heterocycles. The van der Waals surface area contributed by atoms with Gasteiger partial charge in [-0.3, -0.25) is 0 Å². The largest absolute Gasteiger partial charge is 0.456 e. The number of furan rings is 2. The Morgan fingerprint density at radius 3 is 0.903 bits per heavy atom. The number of hydrogen-bond donors (Lipinski definition) is 1. The molecule has 14 aromatic carbocycles. The SMILES string of the molecule is Brc1cc(Br)cc(N(c2ccccc2)c2ccccc2)c1.Brc1cc(N(c2ccccc2)c2ccccc2)cc(N(c2ccccc2)c2ccc3c(c2)oc2cc(-c4ccccc4)ccc23)c1.c1ccc(Nc2ccc3c(c2)oc2cc(-c4ccccc4)ccc23)cc1. The van der Waals surface area contributed by atoms with Crippen molar-refractivity contribution in [2.24, 2.45) is 0 Å². The number of nitrogens with one attached hydrogen (secondary N) is 1. The summed E-state index contributed by atoms with van der Waals surface area (Å²) in [5.74, 6) is 0. The van der Waals surface area contributed by atoms with Crippen LogP contribution >= 0.6 is 47.8 Å². The smallest absolute Gasteiger partial charge is 0.137 e. The molecule has 2 aromatic heterocycles. The van der Waals surface area contributed by atoms with Crippen LogP contribution in [0.25, 0.3) is 66.1 Å². The summed E-state index contributed by atoms with van der Waals surface area (Å²) in [6.45, 7) is 0. The number of benzene rings is 14. The van der Waals surface area contributed by atoms with Gasteiger partial charge in [0.15, 0.2) is 0 Å². The van der Waals surface area contributed by atoms with Crippen LogP contribution in [0.1, 0.15) is 0 Å². The molecule has 0 aliphatic heterocycles. The first-order chi connectivity index (χ1) is 45.8. The summed E-state index contributed by atoms with van der Waals surface area (Å²) in [7, 11) is 0. The van der Waals surface area contributed by atoms with Crippen LogP contribution in [0.5, 0.6) is 0 Å². The molecule has 0 aliphatic carbocycles. The van der Waals surface area contributed by atoms with Gasteiger partial charge in [-0.1, -0.05) is 230 Å². The molecule has 0 aliphatic rings. The summed E-state index contributed by atoms with van der Waals surface area (Å²) in [5, 5.41) is 7.91. The Morgan fingerprint density at radius 2 is 0.505 bits per heavy atom. The van der Waals surface area contributed by atoms with Crippen LogP contribution in [0, 0.1) is 0 Å². The molecule has 9 heteroatoms. The maximum Gasteiger partial charge on any atom is 0.137 e. The number of anilines is 11. The van der Waals surface area contributed by atoms with E-state index in [-0.39, 0.29) is 0 Å². The Bertz CT molecular complexity index is 5060. The minimum atomic E-state index is 0.851. The summed E-state index contributed by atoms with van der Waals surface area (Å²) in [5.41, 5.74) is 20.0. The molecule has 93 heavy (non-hydrogen) atoms. The summed E-state index contributed by atoms with van der Waals surface area (Å²) >= 11 is 11.0. The fourth-order valence-corrected chi connectivity index (χ4v) is 13.5. The molecule has 2 heterocycles. The van der Waals surface area contributed by atoms with Crippen molar-refractivity contribution in [2.75, 3.05) is 20.0 Å². The van der Waals surface area contributed by atoms with Crippen LogP contribution in [-0.2, 0) is 0 Å². The summed E-state index contributed by atoms with van der Waals surface area (Å²) in [6.07, 6.45) is 0. The molecule has 0 fully saturated rings. The van der Waals surface area contributed by atoms with Crippen molar-refractivity contribution in [1.29, 1.82) is 0 Å². The van der Waals surface area contributed by atoms with Crippen LogP contribution in [0.3, 0.4) is 0 Å². The molecule has 0 unspecified atom stereocenters. The molecular weight excluding hydrogens is 1340 g/mol. The molecular formula is C84H59Br3N4O2. The van der Waals surface area contributed by atoms with Gasteiger partial charge in [0.25, 0.3) is 0 Å². The summed E-state index contributed by atoms with van der Waals surface area (Å²) < 4.78 is 15.8. The molecule has 0 bridgehead atoms. The number of fused-ring (bicyclic) bond motifs is 6. The third-order valence-electron chi connectivity index (χ3n) is 16.0. The van der Waals surface area contributed by atoms with Crippen LogP contribution in [0.15, 0.2) is 374 Å². The van der Waals surface area contributed by atoms with Gasteiger partial charge in [-0.25, -0.2) is 0 Å². The lowest BCUT2D eigenvalue weighted by Crippen LogP contribution is -2.13. The second-order valence-corrected chi connectivity index (χ2v) is 25.0. The molecule has 0 saturated carbocycles. The van der Waals surface area contributed by atoms with E-state index in [2.05, 4.69) is 353 Å². The molecule has 16 aromatic rings. The predicted octanol–water partition coefficient (Wildman–Crippen LogP) is 26.6. The van der Waals surface area contributed by atoms with Gasteiger partial charge in [0.1, 0.15) is 22.3 Å². The summed E-state index contributed by atoms with van der Waals surface area (Å²) in [4.78, 5) is 6.80. The molecule has 1 N–H and O–H groups in total. The van der Waals surface area contributed by atoms with E-state index in [1.165, 1.54) is 16.7 Å². The number of hydrogen-bond acceptors (Lipinski definition) is 6. The van der Waals surface area contributed by atoms with Gasteiger partial charge in [-0.2, -0.15) is 0 Å². The monoisotopic (exact) mass is 1390 g/mol. The van der Waals surface area contributed by atoms with Gasteiger partial charge < -0.3 is 28.9 Å². The highest BCUT2D eigenvalue weighted by Gasteiger charge is 2.21. The lowest BCUT2D eigenvalue weighted by molar-refractivity contribution is 0.669. The van der Waals surface area contributed by atoms with E-state index in [9.17, 15) is 0 Å². The van der Waals surface area contributed by atoms with E-state index in [1.807, 2.05) is 66.7 Å². The van der Waals surface area contributed by atoms with Crippen molar-refractivity contribution in [3.63, 3.8) is 0 Å². The fraction of sp³-hybridized carbons (Fsp3) is 0. The van der Waals surface area contributed by atoms with Crippen LogP contribution < -0.4 is 20.0 Å². The highest BCUT2D eigenvalue weighted by molar-refractivity contribution is 9.11. The average molecular weight is 1400 g/mol. The maximum absolute atomic E-state index is 6.53. The Hall–Kier alpha value is -10.7. The summed E-state index contributed by atoms with van der Waals surface area (Å²) in [6, 6.07) is 122. The maximum atomic E-state index is 6.53. The second kappa shape index (κ2) is 27.8. The van der Waals surface area contributed by atoms with Gasteiger partial charge in [-0.05, 0) is 180 Å². The quantitative estimate of drug-likeness (QED) is 0.124. The minimum absolute atomic E-state index is 0.851. The number of halogens is 3. The van der Waals surface area contributed by atoms with Gasteiger partial charge in [0, 0.05) is 110 Å². The topological polar surface area (TPSA) is 48.0 Å². The first-order valence-electron chi connectivity index (χ1n) is 30.6. The third kappa shape index (κ3) is 13.7. The normalized spacial score (nSPS) is 11.0. The van der Waals surface area contributed by atoms with E-state index in [4.69, 9.17) is 8.83 Å². The van der Waals surface area contributed by atoms with Crippen LogP contribution in [-0.4, -0.2) is 0 Å². The fourth-order valence-electron chi connectivity index (χ4n) is 11.8. The zero-order valence-corrected chi connectivity index (χ0v) is 55.0. The first-order valence-corrected chi connectivity index (χ1v) is 33.0. The molecule has 0 radical (unpaired) electrons. The van der Waals surface area contributed by atoms with Crippen molar-refractivity contribution in [3.8, 4) is 22.3 Å². The second-order valence-electron chi connectivity index (χ2n) is 22.2. The van der Waals surface area contributed by atoms with E-state index in [0.29, 0.717) is 0 Å². The molecule has 16 rings (SSSR count). The Balaban J connectivity index is 0.000000134. The molecule has 6 nitrogen and oxygen atoms in total. The van der Waals surface area contributed by atoms with E-state index < -0.39 is 0 Å². The Kier molecular flexibility index (Phi) is 17.9. The Morgan fingerprint density at radius 1 is 0.204 bits per heavy atom. The van der Waals surface area contributed by atoms with Crippen molar-refractivity contribution in [2.45, 2.75) is 0 Å². The third-order valence-corrected chi connectivity index (χ3v) is 17.4.